The van der Waals surface area contributed by atoms with Gasteiger partial charge in [0.05, 0.1) is 11.1 Å². The van der Waals surface area contributed by atoms with Gasteiger partial charge in [0, 0.05) is 12.4 Å². The highest BCUT2D eigenvalue weighted by Gasteiger charge is 2.15. The Balaban J connectivity index is 2.19. The van der Waals surface area contributed by atoms with Crippen molar-refractivity contribution in [2.75, 3.05) is 6.54 Å². The molecule has 1 aromatic carbocycles. The summed E-state index contributed by atoms with van der Waals surface area (Å²) in [6, 6.07) is 4.85. The highest BCUT2D eigenvalue weighted by atomic mass is 35.5. The van der Waals surface area contributed by atoms with Crippen LogP contribution < -0.4 is 5.32 Å². The molecule has 2 aromatic rings. The monoisotopic (exact) mass is 307 g/mol. The normalized spacial score (nSPS) is 12.4. The molecule has 0 fully saturated rings. The number of hydrogen-bond acceptors (Lipinski definition) is 3. The van der Waals surface area contributed by atoms with E-state index < -0.39 is 5.82 Å². The van der Waals surface area contributed by atoms with Gasteiger partial charge in [0.1, 0.15) is 11.6 Å². The molecular weight excluding hydrogens is 289 g/mol. The molecule has 0 amide bonds. The van der Waals surface area contributed by atoms with Gasteiger partial charge in [-0.2, -0.15) is 0 Å². The van der Waals surface area contributed by atoms with Crippen molar-refractivity contribution in [3.63, 3.8) is 0 Å². The average Bonchev–Trinajstić information content (AvgIpc) is 2.48. The largest absolute Gasteiger partial charge is 0.307 e. The minimum Gasteiger partial charge on any atom is -0.307 e. The van der Waals surface area contributed by atoms with E-state index in [4.69, 9.17) is 11.6 Å². The fourth-order valence-corrected chi connectivity index (χ4v) is 2.18. The molecule has 0 aliphatic heterocycles. The van der Waals surface area contributed by atoms with Crippen molar-refractivity contribution in [1.29, 1.82) is 0 Å². The number of rotatable bonds is 6. The third-order valence-electron chi connectivity index (χ3n) is 3.18. The van der Waals surface area contributed by atoms with Crippen LogP contribution in [0.3, 0.4) is 0 Å². The minimum atomic E-state index is -0.395. The first kappa shape index (κ1) is 15.9. The van der Waals surface area contributed by atoms with E-state index in [0.717, 1.165) is 29.9 Å². The summed E-state index contributed by atoms with van der Waals surface area (Å²) in [4.78, 5) is 8.75. The minimum absolute atomic E-state index is 0.0360. The molecule has 0 saturated carbocycles. The van der Waals surface area contributed by atoms with Gasteiger partial charge >= 0.3 is 0 Å². The summed E-state index contributed by atoms with van der Waals surface area (Å²) in [6.45, 7) is 4.91. The van der Waals surface area contributed by atoms with Crippen LogP contribution in [0.25, 0.3) is 0 Å². The highest BCUT2D eigenvalue weighted by molar-refractivity contribution is 6.30. The third-order valence-corrected chi connectivity index (χ3v) is 3.48. The van der Waals surface area contributed by atoms with Gasteiger partial charge in [0.25, 0.3) is 0 Å². The molecule has 1 heterocycles. The zero-order valence-corrected chi connectivity index (χ0v) is 13.0. The van der Waals surface area contributed by atoms with Crippen LogP contribution in [0.4, 0.5) is 4.39 Å². The third kappa shape index (κ3) is 4.48. The fraction of sp³-hybridized carbons (Fsp3) is 0.375. The van der Waals surface area contributed by atoms with Crippen LogP contribution >= 0.6 is 11.6 Å². The summed E-state index contributed by atoms with van der Waals surface area (Å²) in [6.07, 6.45) is 5.23. The number of hydrogen-bond donors (Lipinski definition) is 1. The maximum Gasteiger partial charge on any atom is 0.145 e. The highest BCUT2D eigenvalue weighted by Crippen LogP contribution is 2.20. The van der Waals surface area contributed by atoms with Crippen molar-refractivity contribution in [2.45, 2.75) is 32.7 Å². The Kier molecular flexibility index (Phi) is 5.65. The van der Waals surface area contributed by atoms with Gasteiger partial charge < -0.3 is 5.32 Å². The molecule has 1 N–H and O–H groups in total. The lowest BCUT2D eigenvalue weighted by molar-refractivity contribution is 0.502. The number of halogens is 2. The molecular formula is C16H19ClFN3. The maximum atomic E-state index is 13.6. The van der Waals surface area contributed by atoms with Crippen molar-refractivity contribution in [3.05, 3.63) is 58.4 Å². The molecule has 0 radical (unpaired) electrons. The quantitative estimate of drug-likeness (QED) is 0.880. The Hall–Kier alpha value is -1.52. The van der Waals surface area contributed by atoms with E-state index in [-0.39, 0.29) is 11.1 Å². The van der Waals surface area contributed by atoms with Crippen LogP contribution in [-0.2, 0) is 6.42 Å². The fourth-order valence-electron chi connectivity index (χ4n) is 2.06. The molecule has 3 nitrogen and oxygen atoms in total. The first-order valence-electron chi connectivity index (χ1n) is 7.06. The van der Waals surface area contributed by atoms with Gasteiger partial charge in [0.2, 0.25) is 0 Å². The van der Waals surface area contributed by atoms with E-state index in [1.807, 2.05) is 13.0 Å². The Morgan fingerprint density at radius 3 is 2.62 bits per heavy atom. The summed E-state index contributed by atoms with van der Waals surface area (Å²) in [7, 11) is 0. The molecule has 0 aliphatic carbocycles. The van der Waals surface area contributed by atoms with Gasteiger partial charge in [-0.25, -0.2) is 14.4 Å². The zero-order valence-electron chi connectivity index (χ0n) is 12.2. The summed E-state index contributed by atoms with van der Waals surface area (Å²) >= 11 is 5.72. The van der Waals surface area contributed by atoms with E-state index in [2.05, 4.69) is 22.2 Å². The van der Waals surface area contributed by atoms with E-state index in [1.54, 1.807) is 18.5 Å². The summed E-state index contributed by atoms with van der Waals surface area (Å²) in [5.41, 5.74) is 1.89. The van der Waals surface area contributed by atoms with Gasteiger partial charge in [-0.15, -0.1) is 0 Å². The summed E-state index contributed by atoms with van der Waals surface area (Å²) in [5, 5.41) is 3.55. The molecule has 2 rings (SSSR count). The van der Waals surface area contributed by atoms with E-state index in [1.165, 1.54) is 6.07 Å². The van der Waals surface area contributed by atoms with E-state index >= 15 is 0 Å². The number of aromatic nitrogens is 2. The first-order chi connectivity index (χ1) is 10.1. The van der Waals surface area contributed by atoms with E-state index in [0.29, 0.717) is 6.42 Å². The predicted octanol–water partition coefficient (Wildman–Crippen LogP) is 3.86. The Labute approximate surface area is 129 Å². The lowest BCUT2D eigenvalue weighted by Crippen LogP contribution is -2.26. The van der Waals surface area contributed by atoms with Gasteiger partial charge in [-0.1, -0.05) is 24.6 Å². The second kappa shape index (κ2) is 7.48. The van der Waals surface area contributed by atoms with Crippen LogP contribution in [0.5, 0.6) is 0 Å². The predicted molar refractivity (Wildman–Crippen MR) is 82.9 cm³/mol. The van der Waals surface area contributed by atoms with Gasteiger partial charge in [-0.05, 0) is 49.6 Å². The smallest absolute Gasteiger partial charge is 0.145 e. The van der Waals surface area contributed by atoms with Gasteiger partial charge in [0.15, 0.2) is 0 Å². The molecule has 0 saturated heterocycles. The van der Waals surface area contributed by atoms with Crippen LogP contribution in [0.1, 0.15) is 36.3 Å². The van der Waals surface area contributed by atoms with Crippen molar-refractivity contribution in [1.82, 2.24) is 15.3 Å². The average molecular weight is 308 g/mol. The van der Waals surface area contributed by atoms with Crippen LogP contribution in [0.15, 0.2) is 30.6 Å². The number of aryl methyl sites for hydroxylation is 1. The van der Waals surface area contributed by atoms with Crippen LogP contribution in [0, 0.1) is 12.7 Å². The Bertz CT molecular complexity index is 587. The second-order valence-corrected chi connectivity index (χ2v) is 5.49. The summed E-state index contributed by atoms with van der Waals surface area (Å²) in [5.74, 6) is 0.331. The van der Waals surface area contributed by atoms with Gasteiger partial charge in [-0.3, -0.25) is 0 Å². The molecule has 0 aliphatic rings. The first-order valence-corrected chi connectivity index (χ1v) is 7.43. The molecule has 5 heteroatoms. The van der Waals surface area contributed by atoms with Crippen molar-refractivity contribution in [2.24, 2.45) is 0 Å². The second-order valence-electron chi connectivity index (χ2n) is 5.08. The topological polar surface area (TPSA) is 37.8 Å². The molecule has 0 bridgehead atoms. The van der Waals surface area contributed by atoms with E-state index in [9.17, 15) is 4.39 Å². The zero-order chi connectivity index (χ0) is 15.2. The maximum absolute atomic E-state index is 13.6. The lowest BCUT2D eigenvalue weighted by Gasteiger charge is -2.17. The van der Waals surface area contributed by atoms with Crippen molar-refractivity contribution in [3.8, 4) is 0 Å². The molecule has 21 heavy (non-hydrogen) atoms. The molecule has 112 valence electrons. The SMILES string of the molecule is CCCNC(Cc1ccc(Cl)c(F)c1)c1ncc(C)cn1. The van der Waals surface area contributed by atoms with Crippen LogP contribution in [0.2, 0.25) is 5.02 Å². The standard InChI is InChI=1S/C16H19ClFN3/c1-3-6-19-15(16-20-9-11(2)10-21-16)8-12-4-5-13(17)14(18)7-12/h4-5,7,9-10,15,19H,3,6,8H2,1-2H3. The number of nitrogens with one attached hydrogen (secondary N) is 1. The molecule has 1 aromatic heterocycles. The Morgan fingerprint density at radius 2 is 2.00 bits per heavy atom. The number of benzene rings is 1. The van der Waals surface area contributed by atoms with Crippen molar-refractivity contribution >= 4 is 11.6 Å². The number of nitrogens with zero attached hydrogens (tertiary/aromatic N) is 2. The molecule has 1 atom stereocenters. The Morgan fingerprint density at radius 1 is 1.29 bits per heavy atom. The molecule has 0 spiro atoms. The molecule has 1 unspecified atom stereocenters. The van der Waals surface area contributed by atoms with Crippen molar-refractivity contribution < 1.29 is 4.39 Å². The van der Waals surface area contributed by atoms with Crippen LogP contribution in [-0.4, -0.2) is 16.5 Å². The summed E-state index contributed by atoms with van der Waals surface area (Å²) < 4.78 is 13.6. The lowest BCUT2D eigenvalue weighted by atomic mass is 10.0.